The van der Waals surface area contributed by atoms with Crippen LogP contribution in [0.3, 0.4) is 0 Å². The summed E-state index contributed by atoms with van der Waals surface area (Å²) in [5.74, 6) is -0.817. The molecule has 2 aromatic carbocycles. The van der Waals surface area contributed by atoms with Gasteiger partial charge in [0.1, 0.15) is 5.82 Å². The molecule has 7 heteroatoms. The van der Waals surface area contributed by atoms with Gasteiger partial charge in [0.15, 0.2) is 17.3 Å². The van der Waals surface area contributed by atoms with E-state index in [4.69, 9.17) is 15.1 Å². The molecule has 1 aromatic heterocycles. The van der Waals surface area contributed by atoms with E-state index in [1.165, 1.54) is 30.3 Å². The molecular weight excluding hydrogens is 313 g/mol. The van der Waals surface area contributed by atoms with Gasteiger partial charge >= 0.3 is 5.97 Å². The van der Waals surface area contributed by atoms with Crippen LogP contribution in [0.1, 0.15) is 16.1 Å². The topological polar surface area (TPSA) is 90.7 Å². The average molecular weight is 325 g/mol. The maximum Gasteiger partial charge on any atom is 0.387 e. The number of hydrogen-bond donors (Lipinski definition) is 1. The number of benzene rings is 2. The lowest BCUT2D eigenvalue weighted by molar-refractivity contribution is 0.0504. The number of hydrogen-bond acceptors (Lipinski definition) is 5. The second kappa shape index (κ2) is 6.74. The molecule has 0 spiro atoms. The molecule has 2 N–H and O–H groups in total. The highest BCUT2D eigenvalue weighted by Crippen LogP contribution is 2.20. The standard InChI is InChI=1S/C17H12FN3O3/c18-13-8-6-11(7-9-13)15-10-14(20-23-15)17(22)24-21-16(19)12-4-2-1-3-5-12/h1-10H,(H2,19,21). The molecule has 3 aromatic rings. The van der Waals surface area contributed by atoms with Gasteiger partial charge in [-0.15, -0.1) is 0 Å². The van der Waals surface area contributed by atoms with Crippen molar-refractivity contribution in [3.63, 3.8) is 0 Å². The van der Waals surface area contributed by atoms with Gasteiger partial charge in [0.2, 0.25) is 0 Å². The zero-order valence-corrected chi connectivity index (χ0v) is 12.3. The third kappa shape index (κ3) is 3.46. The summed E-state index contributed by atoms with van der Waals surface area (Å²) < 4.78 is 18.0. The third-order valence-corrected chi connectivity index (χ3v) is 3.14. The van der Waals surface area contributed by atoms with Crippen molar-refractivity contribution in [2.75, 3.05) is 0 Å². The summed E-state index contributed by atoms with van der Waals surface area (Å²) in [6.07, 6.45) is 0. The summed E-state index contributed by atoms with van der Waals surface area (Å²) in [7, 11) is 0. The van der Waals surface area contributed by atoms with E-state index >= 15 is 0 Å². The molecule has 0 aliphatic rings. The minimum atomic E-state index is -0.814. The molecule has 24 heavy (non-hydrogen) atoms. The van der Waals surface area contributed by atoms with Crippen LogP contribution >= 0.6 is 0 Å². The normalized spacial score (nSPS) is 11.3. The van der Waals surface area contributed by atoms with Crippen LogP contribution in [0.2, 0.25) is 0 Å². The third-order valence-electron chi connectivity index (χ3n) is 3.14. The number of carbonyl (C=O) groups is 1. The van der Waals surface area contributed by atoms with Gasteiger partial charge in [-0.3, -0.25) is 0 Å². The Hall–Kier alpha value is -3.48. The largest absolute Gasteiger partial charge is 0.387 e. The van der Waals surface area contributed by atoms with E-state index in [2.05, 4.69) is 10.3 Å². The fourth-order valence-electron chi connectivity index (χ4n) is 1.92. The van der Waals surface area contributed by atoms with Crippen molar-refractivity contribution in [3.8, 4) is 11.3 Å². The highest BCUT2D eigenvalue weighted by atomic mass is 19.1. The number of nitrogens with zero attached hydrogens (tertiary/aromatic N) is 2. The summed E-state index contributed by atoms with van der Waals surface area (Å²) in [5.41, 5.74) is 6.86. The monoisotopic (exact) mass is 325 g/mol. The quantitative estimate of drug-likeness (QED) is 0.345. The zero-order valence-electron chi connectivity index (χ0n) is 12.3. The Morgan fingerprint density at radius 2 is 1.83 bits per heavy atom. The minimum absolute atomic E-state index is 0.0613. The molecule has 1 heterocycles. The van der Waals surface area contributed by atoms with Gasteiger partial charge < -0.3 is 15.1 Å². The number of nitrogens with two attached hydrogens (primary N) is 1. The lowest BCUT2D eigenvalue weighted by Crippen LogP contribution is -2.15. The maximum atomic E-state index is 12.9. The van der Waals surface area contributed by atoms with Gasteiger partial charge in [-0.05, 0) is 24.3 Å². The van der Waals surface area contributed by atoms with E-state index in [0.29, 0.717) is 16.9 Å². The molecule has 0 aliphatic carbocycles. The predicted octanol–water partition coefficient (Wildman–Crippen LogP) is 2.96. The van der Waals surface area contributed by atoms with Crippen LogP contribution < -0.4 is 5.73 Å². The molecule has 0 unspecified atom stereocenters. The number of halogens is 1. The number of carbonyl (C=O) groups excluding carboxylic acids is 1. The van der Waals surface area contributed by atoms with Crippen LogP contribution in [0, 0.1) is 5.82 Å². The Labute approximate surface area is 136 Å². The molecule has 0 amide bonds. The van der Waals surface area contributed by atoms with Crippen LogP contribution in [-0.4, -0.2) is 17.0 Å². The van der Waals surface area contributed by atoms with Gasteiger partial charge in [0, 0.05) is 17.2 Å². The zero-order chi connectivity index (χ0) is 16.9. The van der Waals surface area contributed by atoms with E-state index in [0.717, 1.165) is 0 Å². The van der Waals surface area contributed by atoms with Gasteiger partial charge in [-0.2, -0.15) is 0 Å². The molecule has 6 nitrogen and oxygen atoms in total. The van der Waals surface area contributed by atoms with E-state index < -0.39 is 5.97 Å². The first-order valence-electron chi connectivity index (χ1n) is 6.96. The van der Waals surface area contributed by atoms with Crippen molar-refractivity contribution < 1.29 is 18.5 Å². The lowest BCUT2D eigenvalue weighted by Gasteiger charge is -1.98. The van der Waals surface area contributed by atoms with Gasteiger partial charge in [-0.25, -0.2) is 9.18 Å². The molecule has 0 aliphatic heterocycles. The fourth-order valence-corrected chi connectivity index (χ4v) is 1.92. The van der Waals surface area contributed by atoms with Gasteiger partial charge in [0.25, 0.3) is 0 Å². The Bertz CT molecular complexity index is 874. The fraction of sp³-hybridized carbons (Fsp3) is 0. The van der Waals surface area contributed by atoms with Crippen molar-refractivity contribution in [3.05, 3.63) is 77.7 Å². The predicted molar refractivity (Wildman–Crippen MR) is 84.5 cm³/mol. The van der Waals surface area contributed by atoms with Crippen LogP contribution in [0.25, 0.3) is 11.3 Å². The van der Waals surface area contributed by atoms with E-state index in [-0.39, 0.29) is 17.3 Å². The van der Waals surface area contributed by atoms with Gasteiger partial charge in [-0.1, -0.05) is 40.6 Å². The molecule has 0 saturated carbocycles. The second-order valence-corrected chi connectivity index (χ2v) is 4.80. The van der Waals surface area contributed by atoms with Crippen molar-refractivity contribution in [1.82, 2.24) is 5.16 Å². The molecule has 0 bridgehead atoms. The van der Waals surface area contributed by atoms with E-state index in [1.54, 1.807) is 24.3 Å². The second-order valence-electron chi connectivity index (χ2n) is 4.80. The first kappa shape index (κ1) is 15.4. The van der Waals surface area contributed by atoms with Crippen LogP contribution in [-0.2, 0) is 4.84 Å². The lowest BCUT2D eigenvalue weighted by atomic mass is 10.1. The van der Waals surface area contributed by atoms with Crippen LogP contribution in [0.4, 0.5) is 4.39 Å². The van der Waals surface area contributed by atoms with Crippen LogP contribution in [0.5, 0.6) is 0 Å². The van der Waals surface area contributed by atoms with E-state index in [9.17, 15) is 9.18 Å². The number of rotatable bonds is 4. The van der Waals surface area contributed by atoms with Crippen molar-refractivity contribution in [2.24, 2.45) is 10.9 Å². The number of aromatic nitrogens is 1. The van der Waals surface area contributed by atoms with Crippen LogP contribution in [0.15, 0.2) is 70.3 Å². The highest BCUT2D eigenvalue weighted by Gasteiger charge is 2.16. The Morgan fingerprint density at radius 1 is 1.12 bits per heavy atom. The summed E-state index contributed by atoms with van der Waals surface area (Å²) in [6.45, 7) is 0. The first-order valence-corrected chi connectivity index (χ1v) is 6.96. The number of oxime groups is 1. The van der Waals surface area contributed by atoms with E-state index in [1.807, 2.05) is 6.07 Å². The van der Waals surface area contributed by atoms with Crippen molar-refractivity contribution in [1.29, 1.82) is 0 Å². The summed E-state index contributed by atoms with van der Waals surface area (Å²) >= 11 is 0. The number of amidine groups is 1. The van der Waals surface area contributed by atoms with Gasteiger partial charge in [0.05, 0.1) is 0 Å². The summed E-state index contributed by atoms with van der Waals surface area (Å²) in [5, 5.41) is 7.19. The Kier molecular flexibility index (Phi) is 4.33. The molecule has 0 saturated heterocycles. The molecule has 0 atom stereocenters. The SMILES string of the molecule is N/C(=N\OC(=O)c1cc(-c2ccc(F)cc2)on1)c1ccccc1. The highest BCUT2D eigenvalue weighted by molar-refractivity contribution is 5.98. The molecule has 120 valence electrons. The Balaban J connectivity index is 1.71. The summed E-state index contributed by atoms with van der Waals surface area (Å²) in [6, 6.07) is 15.8. The smallest absolute Gasteiger partial charge is 0.380 e. The maximum absolute atomic E-state index is 12.9. The molecular formula is C17H12FN3O3. The summed E-state index contributed by atoms with van der Waals surface area (Å²) in [4.78, 5) is 16.7. The molecule has 3 rings (SSSR count). The van der Waals surface area contributed by atoms with Crippen molar-refractivity contribution >= 4 is 11.8 Å². The minimum Gasteiger partial charge on any atom is -0.380 e. The van der Waals surface area contributed by atoms with Crippen molar-refractivity contribution in [2.45, 2.75) is 0 Å². The average Bonchev–Trinajstić information content (AvgIpc) is 3.11. The first-order chi connectivity index (χ1) is 11.6. The molecule has 0 radical (unpaired) electrons. The Morgan fingerprint density at radius 3 is 2.54 bits per heavy atom. The molecule has 0 fully saturated rings.